The fraction of sp³-hybridized carbons (Fsp3) is 0.467. The number of benzene rings is 2. The number of rotatable bonds is 14. The second-order valence-electron chi connectivity index (χ2n) is 9.80. The zero-order chi connectivity index (χ0) is 28.6. The van der Waals surface area contributed by atoms with Crippen LogP contribution < -0.4 is 26.0 Å². The Kier molecular flexibility index (Phi) is 15.2. The zero-order valence-corrected chi connectivity index (χ0v) is 24.7. The first-order chi connectivity index (χ1) is 18.1. The van der Waals surface area contributed by atoms with Crippen LogP contribution >= 0.6 is 11.6 Å². The predicted octanol–water partition coefficient (Wildman–Crippen LogP) is 5.77. The average Bonchev–Trinajstić information content (AvgIpc) is 2.90. The topological polar surface area (TPSA) is 91.5 Å². The molecule has 0 aliphatic rings. The van der Waals surface area contributed by atoms with Gasteiger partial charge in [0.1, 0.15) is 11.4 Å². The summed E-state index contributed by atoms with van der Waals surface area (Å²) in [4.78, 5) is 24.1. The maximum atomic E-state index is 12.6. The van der Waals surface area contributed by atoms with Crippen LogP contribution in [0.3, 0.4) is 0 Å². The number of anilines is 1. The summed E-state index contributed by atoms with van der Waals surface area (Å²) < 4.78 is 5.65. The molecule has 0 spiro atoms. The van der Waals surface area contributed by atoms with Gasteiger partial charge in [-0.2, -0.15) is 0 Å². The number of aldehydes is 1. The molecule has 4 N–H and O–H groups in total. The molecule has 2 aromatic rings. The van der Waals surface area contributed by atoms with E-state index >= 15 is 0 Å². The first-order valence-corrected chi connectivity index (χ1v) is 13.5. The van der Waals surface area contributed by atoms with Gasteiger partial charge >= 0.3 is 0 Å². The number of carbonyl (C=O) groups is 2. The minimum absolute atomic E-state index is 0.155. The van der Waals surface area contributed by atoms with E-state index in [9.17, 15) is 9.59 Å². The molecule has 1 amide bonds. The molecule has 7 nitrogen and oxygen atoms in total. The Hall–Kier alpha value is -3.03. The number of halogens is 1. The lowest BCUT2D eigenvalue weighted by Gasteiger charge is -2.25. The highest BCUT2D eigenvalue weighted by molar-refractivity contribution is 6.30. The van der Waals surface area contributed by atoms with E-state index in [1.165, 1.54) is 0 Å². The largest absolute Gasteiger partial charge is 0.494 e. The molecule has 1 atom stereocenters. The molecular weight excluding hydrogens is 500 g/mol. The van der Waals surface area contributed by atoms with E-state index in [0.29, 0.717) is 36.7 Å². The number of amides is 1. The van der Waals surface area contributed by atoms with Crippen molar-refractivity contribution in [3.63, 3.8) is 0 Å². The van der Waals surface area contributed by atoms with Crippen LogP contribution in [-0.4, -0.2) is 39.4 Å². The van der Waals surface area contributed by atoms with Crippen molar-refractivity contribution in [2.24, 2.45) is 11.3 Å². The molecule has 1 unspecified atom stereocenters. The van der Waals surface area contributed by atoms with Crippen LogP contribution in [0.4, 0.5) is 5.69 Å². The van der Waals surface area contributed by atoms with Gasteiger partial charge in [-0.3, -0.25) is 9.59 Å². The number of allylic oxidation sites excluding steroid dienone is 2. The molecule has 0 bridgehead atoms. The molecule has 0 saturated heterocycles. The van der Waals surface area contributed by atoms with E-state index in [1.807, 2.05) is 84.1 Å². The van der Waals surface area contributed by atoms with E-state index in [0.717, 1.165) is 29.1 Å². The molecule has 0 radical (unpaired) electrons. The van der Waals surface area contributed by atoms with Gasteiger partial charge in [0.2, 0.25) is 5.91 Å². The van der Waals surface area contributed by atoms with Gasteiger partial charge in [0, 0.05) is 55.6 Å². The van der Waals surface area contributed by atoms with E-state index in [-0.39, 0.29) is 23.7 Å². The number of ether oxygens (including phenoxy) is 1. The molecule has 8 heteroatoms. The second kappa shape index (κ2) is 17.5. The first kappa shape index (κ1) is 33.0. The normalized spacial score (nSPS) is 12.3. The summed E-state index contributed by atoms with van der Waals surface area (Å²) in [5.74, 6) is 0.774. The van der Waals surface area contributed by atoms with E-state index in [4.69, 9.17) is 16.3 Å². The average molecular weight is 545 g/mol. The summed E-state index contributed by atoms with van der Waals surface area (Å²) in [6.45, 7) is 11.8. The fourth-order valence-corrected chi connectivity index (χ4v) is 4.02. The van der Waals surface area contributed by atoms with Crippen LogP contribution in [0.5, 0.6) is 5.75 Å². The summed E-state index contributed by atoms with van der Waals surface area (Å²) in [6.07, 6.45) is 1.85. The Morgan fingerprint density at radius 2 is 1.79 bits per heavy atom. The molecule has 38 heavy (non-hydrogen) atoms. The van der Waals surface area contributed by atoms with Crippen LogP contribution in [0, 0.1) is 11.3 Å². The number of para-hydroxylation sites is 1. The van der Waals surface area contributed by atoms with Crippen LogP contribution in [0.15, 0.2) is 59.9 Å². The summed E-state index contributed by atoms with van der Waals surface area (Å²) in [7, 11) is 3.67. The van der Waals surface area contributed by atoms with Gasteiger partial charge in [0.15, 0.2) is 6.29 Å². The van der Waals surface area contributed by atoms with Crippen molar-refractivity contribution in [2.75, 3.05) is 32.6 Å². The van der Waals surface area contributed by atoms with Crippen molar-refractivity contribution in [3.8, 4) is 5.75 Å². The minimum Gasteiger partial charge on any atom is -0.494 e. The Morgan fingerprint density at radius 3 is 2.32 bits per heavy atom. The van der Waals surface area contributed by atoms with Gasteiger partial charge in [-0.25, -0.2) is 0 Å². The standard InChI is InChI=1S/C23H36ClN3O3.C7H9N/c1-7-16(3)22(25-6)19(14-28)27-21(29)12-23(4,5)15-26-13-17-11-18(24)9-10-20(17)30-8-2;1-8-7-5-3-2-4-6-7/h9-11,14,16,25-26H,7-8,12-13,15H2,1-6H3,(H,27,29);2-6,8H,1H3/b22-19+;. The Balaban J connectivity index is 0.000000763. The molecule has 0 heterocycles. The molecule has 0 aromatic heterocycles. The molecule has 0 aliphatic carbocycles. The predicted molar refractivity (Wildman–Crippen MR) is 158 cm³/mol. The van der Waals surface area contributed by atoms with Crippen molar-refractivity contribution >= 4 is 29.5 Å². The van der Waals surface area contributed by atoms with Gasteiger partial charge in [-0.1, -0.05) is 57.5 Å². The molecule has 0 aliphatic heterocycles. The minimum atomic E-state index is -0.307. The van der Waals surface area contributed by atoms with Crippen LogP contribution in [0.25, 0.3) is 0 Å². The lowest BCUT2D eigenvalue weighted by atomic mass is 9.88. The van der Waals surface area contributed by atoms with Crippen molar-refractivity contribution in [3.05, 3.63) is 70.5 Å². The Morgan fingerprint density at radius 1 is 1.11 bits per heavy atom. The van der Waals surface area contributed by atoms with Crippen molar-refractivity contribution < 1.29 is 14.3 Å². The Labute approximate surface area is 233 Å². The fourth-order valence-electron chi connectivity index (χ4n) is 3.83. The summed E-state index contributed by atoms with van der Waals surface area (Å²) >= 11 is 6.11. The van der Waals surface area contributed by atoms with Crippen molar-refractivity contribution in [1.82, 2.24) is 16.0 Å². The van der Waals surface area contributed by atoms with Crippen molar-refractivity contribution in [2.45, 2.75) is 54.0 Å². The molecule has 210 valence electrons. The maximum absolute atomic E-state index is 12.6. The number of hydrogen-bond acceptors (Lipinski definition) is 6. The highest BCUT2D eigenvalue weighted by atomic mass is 35.5. The van der Waals surface area contributed by atoms with E-state index in [1.54, 1.807) is 13.1 Å². The summed E-state index contributed by atoms with van der Waals surface area (Å²) in [5, 5.41) is 12.9. The number of carbonyl (C=O) groups excluding carboxylic acids is 2. The summed E-state index contributed by atoms with van der Waals surface area (Å²) in [6, 6.07) is 15.6. The van der Waals surface area contributed by atoms with Crippen LogP contribution in [-0.2, 0) is 16.1 Å². The third kappa shape index (κ3) is 12.0. The summed E-state index contributed by atoms with van der Waals surface area (Å²) in [5.41, 5.74) is 2.89. The lowest BCUT2D eigenvalue weighted by molar-refractivity contribution is -0.123. The van der Waals surface area contributed by atoms with E-state index in [2.05, 4.69) is 21.3 Å². The van der Waals surface area contributed by atoms with Crippen molar-refractivity contribution in [1.29, 1.82) is 0 Å². The quantitative estimate of drug-likeness (QED) is 0.178. The highest BCUT2D eigenvalue weighted by Crippen LogP contribution is 2.24. The van der Waals surface area contributed by atoms with Gasteiger partial charge in [0.05, 0.1) is 6.61 Å². The lowest BCUT2D eigenvalue weighted by Crippen LogP contribution is -2.36. The second-order valence-corrected chi connectivity index (χ2v) is 10.2. The molecule has 0 fully saturated rings. The van der Waals surface area contributed by atoms with Gasteiger partial charge in [0.25, 0.3) is 0 Å². The molecule has 2 rings (SSSR count). The van der Waals surface area contributed by atoms with Gasteiger partial charge in [-0.15, -0.1) is 0 Å². The third-order valence-corrected chi connectivity index (χ3v) is 6.23. The zero-order valence-electron chi connectivity index (χ0n) is 23.9. The monoisotopic (exact) mass is 544 g/mol. The van der Waals surface area contributed by atoms with Crippen LogP contribution in [0.2, 0.25) is 5.02 Å². The van der Waals surface area contributed by atoms with Gasteiger partial charge < -0.3 is 26.0 Å². The SMILES string of the molecule is CCOc1ccc(Cl)cc1CNCC(C)(C)CC(=O)N/C(C=O)=C(/NC)C(C)CC.CNc1ccccc1. The third-order valence-electron chi connectivity index (χ3n) is 6.00. The highest BCUT2D eigenvalue weighted by Gasteiger charge is 2.23. The van der Waals surface area contributed by atoms with E-state index < -0.39 is 0 Å². The van der Waals surface area contributed by atoms with Crippen LogP contribution in [0.1, 0.15) is 53.0 Å². The van der Waals surface area contributed by atoms with Gasteiger partial charge in [-0.05, 0) is 55.0 Å². The number of nitrogens with one attached hydrogen (secondary N) is 4. The Bertz CT molecular complexity index is 1030. The maximum Gasteiger partial charge on any atom is 0.225 e. The number of hydrogen-bond donors (Lipinski definition) is 4. The molecular formula is C30H45ClN4O3. The molecule has 2 aromatic carbocycles. The first-order valence-electron chi connectivity index (χ1n) is 13.1. The molecule has 0 saturated carbocycles. The smallest absolute Gasteiger partial charge is 0.225 e.